The zero-order valence-corrected chi connectivity index (χ0v) is 13.1. The number of carbonyl (C=O) groups excluding carboxylic acids is 1. The number of aryl methyl sites for hydroxylation is 2. The Balaban J connectivity index is 1.98. The van der Waals surface area contributed by atoms with Crippen LogP contribution in [0.25, 0.3) is 10.2 Å². The SMILES string of the molecule is CCC(CC)NC(=O)c1nc2sc3c(c2c(=O)[nH]1)CCC3. The number of amides is 1. The predicted octanol–water partition coefficient (Wildman–Crippen LogP) is 2.39. The van der Waals surface area contributed by atoms with Gasteiger partial charge < -0.3 is 10.3 Å². The maximum atomic E-state index is 12.3. The lowest BCUT2D eigenvalue weighted by Gasteiger charge is -2.13. The molecule has 0 bridgehead atoms. The highest BCUT2D eigenvalue weighted by molar-refractivity contribution is 7.18. The van der Waals surface area contributed by atoms with Crippen LogP contribution in [0.1, 0.15) is 54.2 Å². The van der Waals surface area contributed by atoms with Crippen molar-refractivity contribution in [2.24, 2.45) is 0 Å². The molecule has 1 aliphatic rings. The smallest absolute Gasteiger partial charge is 0.287 e. The van der Waals surface area contributed by atoms with Gasteiger partial charge in [-0.1, -0.05) is 13.8 Å². The van der Waals surface area contributed by atoms with Crippen molar-refractivity contribution < 1.29 is 4.79 Å². The maximum Gasteiger partial charge on any atom is 0.287 e. The van der Waals surface area contributed by atoms with Crippen LogP contribution in [0.15, 0.2) is 4.79 Å². The van der Waals surface area contributed by atoms with Gasteiger partial charge in [-0.15, -0.1) is 11.3 Å². The molecule has 0 fully saturated rings. The number of hydrogen-bond acceptors (Lipinski definition) is 4. The van der Waals surface area contributed by atoms with E-state index in [0.717, 1.165) is 37.7 Å². The third-order valence-electron chi connectivity index (χ3n) is 4.11. The van der Waals surface area contributed by atoms with Crippen molar-refractivity contribution in [1.29, 1.82) is 0 Å². The molecule has 0 aliphatic heterocycles. The first-order valence-corrected chi connectivity index (χ1v) is 8.31. The summed E-state index contributed by atoms with van der Waals surface area (Å²) in [5.41, 5.74) is 0.949. The third-order valence-corrected chi connectivity index (χ3v) is 5.30. The first-order chi connectivity index (χ1) is 10.1. The van der Waals surface area contributed by atoms with Crippen molar-refractivity contribution in [3.8, 4) is 0 Å². The van der Waals surface area contributed by atoms with Crippen LogP contribution in [-0.2, 0) is 12.8 Å². The number of fused-ring (bicyclic) bond motifs is 3. The van der Waals surface area contributed by atoms with Gasteiger partial charge in [-0.2, -0.15) is 0 Å². The second kappa shape index (κ2) is 5.60. The van der Waals surface area contributed by atoms with E-state index in [2.05, 4.69) is 15.3 Å². The second-order valence-corrected chi connectivity index (χ2v) is 6.52. The average molecular weight is 305 g/mol. The van der Waals surface area contributed by atoms with Gasteiger partial charge in [0, 0.05) is 10.9 Å². The van der Waals surface area contributed by atoms with E-state index in [1.807, 2.05) is 13.8 Å². The fourth-order valence-electron chi connectivity index (χ4n) is 2.86. The Bertz CT molecular complexity index is 743. The van der Waals surface area contributed by atoms with Crippen LogP contribution in [0.2, 0.25) is 0 Å². The van der Waals surface area contributed by atoms with Crippen LogP contribution in [0.4, 0.5) is 0 Å². The summed E-state index contributed by atoms with van der Waals surface area (Å²) < 4.78 is 0. The summed E-state index contributed by atoms with van der Waals surface area (Å²) in [6, 6.07) is 0.117. The van der Waals surface area contributed by atoms with Crippen molar-refractivity contribution in [2.45, 2.75) is 52.0 Å². The first kappa shape index (κ1) is 14.3. The molecule has 1 amide bonds. The molecule has 0 saturated carbocycles. The molecule has 3 rings (SSSR count). The Kier molecular flexibility index (Phi) is 3.80. The van der Waals surface area contributed by atoms with Gasteiger partial charge in [-0.05, 0) is 37.7 Å². The minimum absolute atomic E-state index is 0.117. The number of nitrogens with zero attached hydrogens (tertiary/aromatic N) is 1. The standard InChI is InChI=1S/C15H19N3O2S/c1-3-8(4-2)16-14(20)12-17-13(19)11-9-6-5-7-10(9)21-15(11)18-12/h8H,3-7H2,1-2H3,(H,16,20)(H,17,18,19). The van der Waals surface area contributed by atoms with Crippen molar-refractivity contribution in [3.05, 3.63) is 26.6 Å². The first-order valence-electron chi connectivity index (χ1n) is 7.49. The van der Waals surface area contributed by atoms with Gasteiger partial charge in [0.25, 0.3) is 11.5 Å². The number of hydrogen-bond donors (Lipinski definition) is 2. The minimum Gasteiger partial charge on any atom is -0.347 e. The lowest BCUT2D eigenvalue weighted by molar-refractivity contribution is 0.0924. The van der Waals surface area contributed by atoms with E-state index < -0.39 is 0 Å². The number of rotatable bonds is 4. The van der Waals surface area contributed by atoms with Crippen molar-refractivity contribution in [2.75, 3.05) is 0 Å². The molecule has 0 atom stereocenters. The van der Waals surface area contributed by atoms with Crippen LogP contribution >= 0.6 is 11.3 Å². The van der Waals surface area contributed by atoms with Crippen LogP contribution in [0, 0.1) is 0 Å². The fraction of sp³-hybridized carbons (Fsp3) is 0.533. The summed E-state index contributed by atoms with van der Waals surface area (Å²) in [4.78, 5) is 33.4. The zero-order chi connectivity index (χ0) is 15.0. The van der Waals surface area contributed by atoms with Crippen molar-refractivity contribution in [3.63, 3.8) is 0 Å². The normalized spacial score (nSPS) is 13.9. The molecule has 0 saturated heterocycles. The van der Waals surface area contributed by atoms with Gasteiger partial charge in [0.15, 0.2) is 0 Å². The number of carbonyl (C=O) groups is 1. The van der Waals surface area contributed by atoms with Gasteiger partial charge >= 0.3 is 0 Å². The average Bonchev–Trinajstić information content (AvgIpc) is 3.04. The Morgan fingerprint density at radius 1 is 1.38 bits per heavy atom. The molecule has 0 unspecified atom stereocenters. The second-order valence-electron chi connectivity index (χ2n) is 5.44. The molecular weight excluding hydrogens is 286 g/mol. The number of aromatic amines is 1. The summed E-state index contributed by atoms with van der Waals surface area (Å²) in [6.45, 7) is 4.05. The number of aromatic nitrogens is 2. The molecule has 0 aromatic carbocycles. The van der Waals surface area contributed by atoms with Crippen molar-refractivity contribution >= 4 is 27.5 Å². The van der Waals surface area contributed by atoms with Gasteiger partial charge in [-0.25, -0.2) is 4.98 Å². The van der Waals surface area contributed by atoms with Crippen LogP contribution < -0.4 is 10.9 Å². The Morgan fingerprint density at radius 3 is 2.86 bits per heavy atom. The van der Waals surface area contributed by atoms with Gasteiger partial charge in [0.2, 0.25) is 5.82 Å². The van der Waals surface area contributed by atoms with Crippen LogP contribution in [0.3, 0.4) is 0 Å². The molecular formula is C15H19N3O2S. The summed E-state index contributed by atoms with van der Waals surface area (Å²) in [7, 11) is 0. The largest absolute Gasteiger partial charge is 0.347 e. The summed E-state index contributed by atoms with van der Waals surface area (Å²) in [5.74, 6) is -0.171. The summed E-state index contributed by atoms with van der Waals surface area (Å²) >= 11 is 1.55. The molecule has 6 heteroatoms. The zero-order valence-electron chi connectivity index (χ0n) is 12.3. The van der Waals surface area contributed by atoms with Gasteiger partial charge in [-0.3, -0.25) is 9.59 Å². The number of H-pyrrole nitrogens is 1. The molecule has 0 spiro atoms. The van der Waals surface area contributed by atoms with Gasteiger partial charge in [0.1, 0.15) is 4.83 Å². The molecule has 2 N–H and O–H groups in total. The molecule has 2 heterocycles. The maximum absolute atomic E-state index is 12.3. The Morgan fingerprint density at radius 2 is 2.14 bits per heavy atom. The van der Waals surface area contributed by atoms with E-state index in [1.54, 1.807) is 11.3 Å². The highest BCUT2D eigenvalue weighted by Crippen LogP contribution is 2.34. The van der Waals surface area contributed by atoms with E-state index in [1.165, 1.54) is 4.88 Å². The summed E-state index contributed by atoms with van der Waals surface area (Å²) in [5, 5.41) is 3.59. The van der Waals surface area contributed by atoms with Gasteiger partial charge in [0.05, 0.1) is 5.39 Å². The lowest BCUT2D eigenvalue weighted by Crippen LogP contribution is -2.35. The van der Waals surface area contributed by atoms with Crippen molar-refractivity contribution in [1.82, 2.24) is 15.3 Å². The molecule has 2 aromatic heterocycles. The van der Waals surface area contributed by atoms with E-state index in [4.69, 9.17) is 0 Å². The Labute approximate surface area is 126 Å². The van der Waals surface area contributed by atoms with Crippen LogP contribution in [-0.4, -0.2) is 21.9 Å². The van der Waals surface area contributed by atoms with E-state index in [-0.39, 0.29) is 23.3 Å². The van der Waals surface area contributed by atoms with E-state index in [9.17, 15) is 9.59 Å². The topological polar surface area (TPSA) is 74.8 Å². The molecule has 21 heavy (non-hydrogen) atoms. The van der Waals surface area contributed by atoms with Crippen LogP contribution in [0.5, 0.6) is 0 Å². The molecule has 5 nitrogen and oxygen atoms in total. The lowest BCUT2D eigenvalue weighted by atomic mass is 10.2. The highest BCUT2D eigenvalue weighted by Gasteiger charge is 2.22. The van der Waals surface area contributed by atoms with E-state index in [0.29, 0.717) is 10.2 Å². The predicted molar refractivity (Wildman–Crippen MR) is 84.1 cm³/mol. The molecule has 2 aromatic rings. The number of thiophene rings is 1. The molecule has 1 aliphatic carbocycles. The minimum atomic E-state index is -0.295. The number of nitrogens with one attached hydrogen (secondary N) is 2. The highest BCUT2D eigenvalue weighted by atomic mass is 32.1. The van der Waals surface area contributed by atoms with E-state index >= 15 is 0 Å². The monoisotopic (exact) mass is 305 g/mol. The third kappa shape index (κ3) is 2.48. The molecule has 0 radical (unpaired) electrons. The summed E-state index contributed by atoms with van der Waals surface area (Å²) in [6.07, 6.45) is 4.79. The Hall–Kier alpha value is -1.69. The quantitative estimate of drug-likeness (QED) is 0.910. The fourth-order valence-corrected chi connectivity index (χ4v) is 4.12. The molecule has 112 valence electrons.